The van der Waals surface area contributed by atoms with E-state index in [1.807, 2.05) is 12.4 Å². The minimum Gasteiger partial charge on any atom is -0.311 e. The van der Waals surface area contributed by atoms with Crippen LogP contribution in [0.2, 0.25) is 0 Å². The van der Waals surface area contributed by atoms with Gasteiger partial charge in [-0.05, 0) is 34.8 Å². The van der Waals surface area contributed by atoms with Gasteiger partial charge in [0, 0.05) is 12.7 Å². The van der Waals surface area contributed by atoms with Crippen molar-refractivity contribution in [3.63, 3.8) is 0 Å². The quantitative estimate of drug-likeness (QED) is 0.863. The summed E-state index contributed by atoms with van der Waals surface area (Å²) >= 11 is 3.37. The Bertz CT molecular complexity index is 492. The molecule has 0 radical (unpaired) electrons. The molecule has 0 amide bonds. The molecule has 2 rings (SSSR count). The van der Waals surface area contributed by atoms with Gasteiger partial charge in [0.15, 0.2) is 5.65 Å². The van der Waals surface area contributed by atoms with Gasteiger partial charge in [-0.2, -0.15) is 0 Å². The number of imidazole rings is 1. The third-order valence-corrected chi connectivity index (χ3v) is 3.06. The molecule has 92 valence electrons. The van der Waals surface area contributed by atoms with E-state index < -0.39 is 0 Å². The molecule has 1 N–H and O–H groups in total. The molecule has 0 aliphatic heterocycles. The van der Waals surface area contributed by atoms with E-state index in [-0.39, 0.29) is 0 Å². The van der Waals surface area contributed by atoms with E-state index in [9.17, 15) is 0 Å². The normalized spacial score (nSPS) is 11.5. The number of halogens is 1. The topological polar surface area (TPSA) is 42.2 Å². The molecule has 2 aromatic rings. The van der Waals surface area contributed by atoms with Gasteiger partial charge in [-0.3, -0.25) is 4.40 Å². The van der Waals surface area contributed by atoms with E-state index >= 15 is 0 Å². The minimum absolute atomic E-state index is 0.739. The molecule has 0 spiro atoms. The van der Waals surface area contributed by atoms with Gasteiger partial charge in [0.25, 0.3) is 0 Å². The first-order valence-corrected chi connectivity index (χ1v) is 6.64. The van der Waals surface area contributed by atoms with E-state index in [1.165, 1.54) is 6.42 Å². The highest BCUT2D eigenvalue weighted by Gasteiger charge is 2.03. The smallest absolute Gasteiger partial charge is 0.155 e. The summed E-state index contributed by atoms with van der Waals surface area (Å²) in [5.74, 6) is 0.739. The highest BCUT2D eigenvalue weighted by atomic mass is 79.9. The zero-order valence-corrected chi connectivity index (χ0v) is 11.7. The molecule has 0 bridgehead atoms. The minimum atomic E-state index is 0.739. The number of nitrogens with zero attached hydrogens (tertiary/aromatic N) is 3. The summed E-state index contributed by atoms with van der Waals surface area (Å²) in [5, 5.41) is 3.43. The van der Waals surface area contributed by atoms with Crippen molar-refractivity contribution in [1.29, 1.82) is 0 Å². The monoisotopic (exact) mass is 296 g/mol. The Hall–Kier alpha value is -0.940. The van der Waals surface area contributed by atoms with Crippen molar-refractivity contribution in [3.05, 3.63) is 28.9 Å². The van der Waals surface area contributed by atoms with Crippen LogP contribution in [0.1, 0.15) is 26.0 Å². The molecular weight excluding hydrogens is 280 g/mol. The molecule has 0 aliphatic rings. The Morgan fingerprint density at radius 2 is 2.18 bits per heavy atom. The van der Waals surface area contributed by atoms with E-state index in [0.29, 0.717) is 0 Å². The lowest BCUT2D eigenvalue weighted by Crippen LogP contribution is -2.17. The molecule has 0 saturated heterocycles. The SMILES string of the molecule is CC(C)CCNCc1cnc2cnc(Br)cn12. The average Bonchev–Trinajstić information content (AvgIpc) is 2.67. The molecule has 5 heteroatoms. The first-order chi connectivity index (χ1) is 8.16. The van der Waals surface area contributed by atoms with Crippen molar-refractivity contribution >= 4 is 21.6 Å². The highest BCUT2D eigenvalue weighted by molar-refractivity contribution is 9.10. The molecule has 0 fully saturated rings. The fourth-order valence-electron chi connectivity index (χ4n) is 1.65. The van der Waals surface area contributed by atoms with Crippen molar-refractivity contribution in [2.75, 3.05) is 6.54 Å². The molecule has 2 aromatic heterocycles. The van der Waals surface area contributed by atoms with Crippen molar-refractivity contribution in [2.24, 2.45) is 5.92 Å². The zero-order chi connectivity index (χ0) is 12.3. The number of nitrogens with one attached hydrogen (secondary N) is 1. The lowest BCUT2D eigenvalue weighted by molar-refractivity contribution is 0.534. The van der Waals surface area contributed by atoms with Crippen LogP contribution < -0.4 is 5.32 Å². The summed E-state index contributed by atoms with van der Waals surface area (Å²) in [5.41, 5.74) is 2.04. The van der Waals surface area contributed by atoms with Crippen LogP contribution in [0.25, 0.3) is 5.65 Å². The first kappa shape index (κ1) is 12.5. The Morgan fingerprint density at radius 1 is 1.35 bits per heavy atom. The van der Waals surface area contributed by atoms with Crippen LogP contribution in [0.3, 0.4) is 0 Å². The van der Waals surface area contributed by atoms with Gasteiger partial charge in [0.2, 0.25) is 0 Å². The third-order valence-electron chi connectivity index (χ3n) is 2.65. The Kier molecular flexibility index (Phi) is 4.12. The van der Waals surface area contributed by atoms with Crippen LogP contribution in [0.15, 0.2) is 23.2 Å². The van der Waals surface area contributed by atoms with Gasteiger partial charge in [0.05, 0.1) is 18.1 Å². The molecule has 4 nitrogen and oxygen atoms in total. The van der Waals surface area contributed by atoms with E-state index in [0.717, 1.165) is 35.0 Å². The maximum absolute atomic E-state index is 4.31. The second-order valence-electron chi connectivity index (χ2n) is 4.55. The molecule has 2 heterocycles. The maximum Gasteiger partial charge on any atom is 0.155 e. The summed E-state index contributed by atoms with van der Waals surface area (Å²) in [4.78, 5) is 8.47. The predicted octanol–water partition coefficient (Wildman–Crippen LogP) is 2.63. The second-order valence-corrected chi connectivity index (χ2v) is 5.36. The molecule has 0 aliphatic carbocycles. The van der Waals surface area contributed by atoms with Gasteiger partial charge in [0.1, 0.15) is 4.60 Å². The van der Waals surface area contributed by atoms with Crippen LogP contribution in [0.4, 0.5) is 0 Å². The number of rotatable bonds is 5. The average molecular weight is 297 g/mol. The first-order valence-electron chi connectivity index (χ1n) is 5.85. The van der Waals surface area contributed by atoms with Crippen LogP contribution in [-0.4, -0.2) is 20.9 Å². The second kappa shape index (κ2) is 5.60. The third kappa shape index (κ3) is 3.26. The Labute approximate surface area is 110 Å². The maximum atomic E-state index is 4.31. The summed E-state index contributed by atoms with van der Waals surface area (Å²) in [6.45, 7) is 6.35. The van der Waals surface area contributed by atoms with Gasteiger partial charge in [-0.15, -0.1) is 0 Å². The fourth-order valence-corrected chi connectivity index (χ4v) is 1.96. The van der Waals surface area contributed by atoms with Crippen LogP contribution in [-0.2, 0) is 6.54 Å². The molecular formula is C12H17BrN4. The largest absolute Gasteiger partial charge is 0.311 e. The standard InChI is InChI=1S/C12H17BrN4/c1-9(2)3-4-14-5-10-6-16-12-7-15-11(13)8-17(10)12/h6-9,14H,3-5H2,1-2H3. The number of hydrogen-bond donors (Lipinski definition) is 1. The summed E-state index contributed by atoms with van der Waals surface area (Å²) in [6.07, 6.45) is 6.80. The molecule has 0 unspecified atom stereocenters. The van der Waals surface area contributed by atoms with Gasteiger partial charge >= 0.3 is 0 Å². The van der Waals surface area contributed by atoms with Gasteiger partial charge in [-0.1, -0.05) is 13.8 Å². The van der Waals surface area contributed by atoms with E-state index in [2.05, 4.69) is 49.5 Å². The molecule has 0 atom stereocenters. The van der Waals surface area contributed by atoms with Crippen LogP contribution in [0, 0.1) is 5.92 Å². The lowest BCUT2D eigenvalue weighted by atomic mass is 10.1. The van der Waals surface area contributed by atoms with Gasteiger partial charge < -0.3 is 5.32 Å². The molecule has 17 heavy (non-hydrogen) atoms. The summed E-state index contributed by atoms with van der Waals surface area (Å²) < 4.78 is 2.88. The number of fused-ring (bicyclic) bond motifs is 1. The zero-order valence-electron chi connectivity index (χ0n) is 10.2. The highest BCUT2D eigenvalue weighted by Crippen LogP contribution is 2.10. The van der Waals surface area contributed by atoms with Crippen molar-refractivity contribution < 1.29 is 0 Å². The Balaban J connectivity index is 2.01. The van der Waals surface area contributed by atoms with Crippen LogP contribution in [0.5, 0.6) is 0 Å². The van der Waals surface area contributed by atoms with Crippen molar-refractivity contribution in [2.45, 2.75) is 26.8 Å². The van der Waals surface area contributed by atoms with Crippen LogP contribution >= 0.6 is 15.9 Å². The Morgan fingerprint density at radius 3 is 2.94 bits per heavy atom. The molecule has 0 saturated carbocycles. The molecule has 0 aromatic carbocycles. The van der Waals surface area contributed by atoms with Gasteiger partial charge in [-0.25, -0.2) is 9.97 Å². The summed E-state index contributed by atoms with van der Waals surface area (Å²) in [6, 6.07) is 0. The predicted molar refractivity (Wildman–Crippen MR) is 71.8 cm³/mol. The van der Waals surface area contributed by atoms with Crippen molar-refractivity contribution in [1.82, 2.24) is 19.7 Å². The summed E-state index contributed by atoms with van der Waals surface area (Å²) in [7, 11) is 0. The van der Waals surface area contributed by atoms with E-state index in [1.54, 1.807) is 6.20 Å². The van der Waals surface area contributed by atoms with Crippen molar-refractivity contribution in [3.8, 4) is 0 Å². The number of hydrogen-bond acceptors (Lipinski definition) is 3. The fraction of sp³-hybridized carbons (Fsp3) is 0.500. The van der Waals surface area contributed by atoms with E-state index in [4.69, 9.17) is 0 Å². The lowest BCUT2D eigenvalue weighted by Gasteiger charge is -2.06. The number of aromatic nitrogens is 3.